The van der Waals surface area contributed by atoms with Crippen molar-refractivity contribution in [2.24, 2.45) is 17.8 Å². The highest BCUT2D eigenvalue weighted by Gasteiger charge is 2.50. The van der Waals surface area contributed by atoms with Gasteiger partial charge in [-0.25, -0.2) is 0 Å². The van der Waals surface area contributed by atoms with Crippen molar-refractivity contribution in [3.05, 3.63) is 29.8 Å². The molecule has 48 heavy (non-hydrogen) atoms. The van der Waals surface area contributed by atoms with Crippen molar-refractivity contribution in [1.82, 2.24) is 20.9 Å². The molecular weight excluding hydrogens is 612 g/mol. The van der Waals surface area contributed by atoms with E-state index in [0.29, 0.717) is 51.0 Å². The molecule has 0 radical (unpaired) electrons. The van der Waals surface area contributed by atoms with Crippen LogP contribution in [0.5, 0.6) is 5.75 Å². The van der Waals surface area contributed by atoms with Crippen molar-refractivity contribution in [3.8, 4) is 5.75 Å². The van der Waals surface area contributed by atoms with Gasteiger partial charge in [0.25, 0.3) is 0 Å². The van der Waals surface area contributed by atoms with Crippen LogP contribution < -0.4 is 20.7 Å². The Balaban J connectivity index is 1.23. The largest absolute Gasteiger partial charge is 0.497 e. The number of ether oxygens (including phenoxy) is 3. The number of carbonyl (C=O) groups is 4. The Kier molecular flexibility index (Phi) is 12.9. The number of rotatable bonds is 15. The van der Waals surface area contributed by atoms with Crippen LogP contribution in [0.2, 0.25) is 0 Å². The van der Waals surface area contributed by atoms with Crippen molar-refractivity contribution < 1.29 is 33.4 Å². The van der Waals surface area contributed by atoms with Gasteiger partial charge in [0.15, 0.2) is 5.78 Å². The fourth-order valence-corrected chi connectivity index (χ4v) is 7.78. The van der Waals surface area contributed by atoms with Gasteiger partial charge in [0, 0.05) is 19.5 Å². The van der Waals surface area contributed by atoms with E-state index in [1.54, 1.807) is 21.0 Å². The standard InChI is InChI=1S/C37H56N4O7/c1-25(38-33(42)23-41-17-19-47-20-18-41)35(44)40-32(22-27-11-15-30(46-3)16-12-27)36(45)39-31(34(43)37(2)24-48-37)21-26-9-13-29(14-10-26)28-7-5-4-6-8-28/h11-12,15-16,25-26,28-29,31-32H,4-10,13-14,17-24H2,1-3H3,(H,38,42)(H,39,45)(H,40,44). The van der Waals surface area contributed by atoms with Gasteiger partial charge in [0.1, 0.15) is 23.4 Å². The predicted molar refractivity (Wildman–Crippen MR) is 181 cm³/mol. The minimum atomic E-state index is -0.963. The molecule has 1 aromatic carbocycles. The highest BCUT2D eigenvalue weighted by Crippen LogP contribution is 2.41. The summed E-state index contributed by atoms with van der Waals surface area (Å²) in [6.07, 6.45) is 12.0. The van der Waals surface area contributed by atoms with Crippen molar-refractivity contribution in [2.75, 3.05) is 46.6 Å². The van der Waals surface area contributed by atoms with E-state index in [1.165, 1.54) is 44.9 Å². The Bertz CT molecular complexity index is 1230. The minimum Gasteiger partial charge on any atom is -0.497 e. The van der Waals surface area contributed by atoms with Gasteiger partial charge in [-0.05, 0) is 68.6 Å². The number of carbonyl (C=O) groups excluding carboxylic acids is 4. The summed E-state index contributed by atoms with van der Waals surface area (Å²) < 4.78 is 16.2. The van der Waals surface area contributed by atoms with E-state index in [0.717, 1.165) is 30.2 Å². The molecule has 2 saturated heterocycles. The lowest BCUT2D eigenvalue weighted by Gasteiger charge is -2.37. The molecule has 4 unspecified atom stereocenters. The zero-order valence-corrected chi connectivity index (χ0v) is 29.1. The number of nitrogens with one attached hydrogen (secondary N) is 3. The number of epoxide rings is 1. The van der Waals surface area contributed by atoms with Crippen molar-refractivity contribution >= 4 is 23.5 Å². The summed E-state index contributed by atoms with van der Waals surface area (Å²) in [5, 5.41) is 8.69. The number of ketones is 1. The summed E-state index contributed by atoms with van der Waals surface area (Å²) in [7, 11) is 1.59. The van der Waals surface area contributed by atoms with Crippen LogP contribution in [-0.2, 0) is 35.1 Å². The Labute approximate surface area is 285 Å². The van der Waals surface area contributed by atoms with Gasteiger partial charge in [-0.15, -0.1) is 0 Å². The summed E-state index contributed by atoms with van der Waals surface area (Å²) in [6, 6.07) is 4.79. The van der Waals surface area contributed by atoms with E-state index >= 15 is 0 Å². The molecule has 11 nitrogen and oxygen atoms in total. The first-order valence-electron chi connectivity index (χ1n) is 18.1. The number of methoxy groups -OCH3 is 1. The first kappa shape index (κ1) is 36.3. The monoisotopic (exact) mass is 668 g/mol. The van der Waals surface area contributed by atoms with E-state index in [4.69, 9.17) is 14.2 Å². The quantitative estimate of drug-likeness (QED) is 0.243. The van der Waals surface area contributed by atoms with Crippen LogP contribution in [0.4, 0.5) is 0 Å². The van der Waals surface area contributed by atoms with Crippen LogP contribution >= 0.6 is 0 Å². The number of hydrogen-bond donors (Lipinski definition) is 3. The number of Topliss-reactive ketones (excluding diaryl/α,β-unsaturated/α-hetero) is 1. The van der Waals surface area contributed by atoms with Gasteiger partial charge in [-0.3, -0.25) is 24.1 Å². The number of nitrogens with zero attached hydrogens (tertiary/aromatic N) is 1. The lowest BCUT2D eigenvalue weighted by molar-refractivity contribution is -0.134. The van der Waals surface area contributed by atoms with E-state index in [-0.39, 0.29) is 24.7 Å². The van der Waals surface area contributed by atoms with Crippen LogP contribution in [0.3, 0.4) is 0 Å². The van der Waals surface area contributed by atoms with Crippen LogP contribution in [0.25, 0.3) is 0 Å². The average Bonchev–Trinajstić information content (AvgIpc) is 3.86. The molecule has 4 fully saturated rings. The molecule has 4 aliphatic rings. The summed E-state index contributed by atoms with van der Waals surface area (Å²) in [4.78, 5) is 55.8. The Hall–Kier alpha value is -3.02. The smallest absolute Gasteiger partial charge is 0.243 e. The molecule has 2 heterocycles. The minimum absolute atomic E-state index is 0.108. The van der Waals surface area contributed by atoms with E-state index in [1.807, 2.05) is 29.2 Å². The fraction of sp³-hybridized carbons (Fsp3) is 0.730. The molecule has 2 saturated carbocycles. The van der Waals surface area contributed by atoms with E-state index in [9.17, 15) is 19.2 Å². The molecule has 0 aromatic heterocycles. The van der Waals surface area contributed by atoms with Gasteiger partial charge in [-0.1, -0.05) is 57.1 Å². The second kappa shape index (κ2) is 17.1. The highest BCUT2D eigenvalue weighted by atomic mass is 16.6. The summed E-state index contributed by atoms with van der Waals surface area (Å²) >= 11 is 0. The number of morpholine rings is 1. The first-order valence-corrected chi connectivity index (χ1v) is 18.1. The molecule has 4 atom stereocenters. The molecule has 11 heteroatoms. The molecule has 5 rings (SSSR count). The van der Waals surface area contributed by atoms with Gasteiger partial charge in [0.05, 0.1) is 39.5 Å². The highest BCUT2D eigenvalue weighted by molar-refractivity contribution is 5.98. The zero-order chi connectivity index (χ0) is 34.1. The molecule has 3 amide bonds. The summed E-state index contributed by atoms with van der Waals surface area (Å²) in [6.45, 7) is 6.37. The van der Waals surface area contributed by atoms with E-state index < -0.39 is 35.5 Å². The van der Waals surface area contributed by atoms with Crippen LogP contribution in [-0.4, -0.2) is 98.7 Å². The molecule has 1 aromatic rings. The topological polar surface area (TPSA) is 139 Å². The maximum Gasteiger partial charge on any atom is 0.243 e. The number of hydrogen-bond acceptors (Lipinski definition) is 8. The predicted octanol–water partition coefficient (Wildman–Crippen LogP) is 3.18. The third-order valence-electron chi connectivity index (χ3n) is 11.0. The van der Waals surface area contributed by atoms with Crippen LogP contribution in [0.15, 0.2) is 24.3 Å². The van der Waals surface area contributed by atoms with Crippen molar-refractivity contribution in [1.29, 1.82) is 0 Å². The number of amides is 3. The molecule has 2 aliphatic heterocycles. The zero-order valence-electron chi connectivity index (χ0n) is 29.1. The fourth-order valence-electron chi connectivity index (χ4n) is 7.78. The molecule has 266 valence electrons. The maximum atomic E-state index is 14.0. The van der Waals surface area contributed by atoms with Crippen molar-refractivity contribution in [3.63, 3.8) is 0 Å². The lowest BCUT2D eigenvalue weighted by Crippen LogP contribution is -2.57. The van der Waals surface area contributed by atoms with Gasteiger partial charge >= 0.3 is 0 Å². The summed E-state index contributed by atoms with van der Waals surface area (Å²) in [5.74, 6) is 1.37. The second-order valence-electron chi connectivity index (χ2n) is 14.7. The first-order chi connectivity index (χ1) is 23.1. The second-order valence-corrected chi connectivity index (χ2v) is 14.7. The summed E-state index contributed by atoms with van der Waals surface area (Å²) in [5.41, 5.74) is -0.0627. The normalized spacial score (nSPS) is 26.8. The molecule has 3 N–H and O–H groups in total. The van der Waals surface area contributed by atoms with Crippen LogP contribution in [0.1, 0.15) is 83.6 Å². The Morgan fingerprint density at radius 2 is 1.50 bits per heavy atom. The van der Waals surface area contributed by atoms with Crippen LogP contribution in [0, 0.1) is 17.8 Å². The van der Waals surface area contributed by atoms with Gasteiger partial charge in [0.2, 0.25) is 17.7 Å². The van der Waals surface area contributed by atoms with Gasteiger partial charge < -0.3 is 30.2 Å². The lowest BCUT2D eigenvalue weighted by atomic mass is 9.70. The number of benzene rings is 1. The SMILES string of the molecule is COc1ccc(CC(NC(=O)C(C)NC(=O)CN2CCOCC2)C(=O)NC(CC2CCC(C3CCCCC3)CC2)C(=O)C2(C)CO2)cc1. The molecular formula is C37H56N4O7. The Morgan fingerprint density at radius 3 is 2.12 bits per heavy atom. The average molecular weight is 669 g/mol. The maximum absolute atomic E-state index is 14.0. The Morgan fingerprint density at radius 1 is 0.875 bits per heavy atom. The van der Waals surface area contributed by atoms with Crippen molar-refractivity contribution in [2.45, 2.75) is 108 Å². The third-order valence-corrected chi connectivity index (χ3v) is 11.0. The van der Waals surface area contributed by atoms with E-state index in [2.05, 4.69) is 16.0 Å². The third kappa shape index (κ3) is 10.2. The molecule has 2 aliphatic carbocycles. The molecule has 0 bridgehead atoms. The van der Waals surface area contributed by atoms with Gasteiger partial charge in [-0.2, -0.15) is 0 Å². The molecule has 0 spiro atoms.